The Morgan fingerprint density at radius 3 is 2.78 bits per heavy atom. The molecule has 2 heterocycles. The zero-order chi connectivity index (χ0) is 16.8. The number of aliphatic carboxylic acids is 1. The van der Waals surface area contributed by atoms with Crippen molar-refractivity contribution in [1.82, 2.24) is 10.6 Å². The van der Waals surface area contributed by atoms with Crippen LogP contribution in [0.2, 0.25) is 0 Å². The second kappa shape index (κ2) is 5.41. The molecule has 0 radical (unpaired) electrons. The van der Waals surface area contributed by atoms with E-state index in [0.29, 0.717) is 6.54 Å². The highest BCUT2D eigenvalue weighted by atomic mass is 16.4. The summed E-state index contributed by atoms with van der Waals surface area (Å²) < 4.78 is 0. The summed E-state index contributed by atoms with van der Waals surface area (Å²) in [5, 5.41) is 16.0. The van der Waals surface area contributed by atoms with Crippen LogP contribution in [0, 0.1) is 17.3 Å². The van der Waals surface area contributed by atoms with E-state index in [1.54, 1.807) is 13.0 Å². The van der Waals surface area contributed by atoms with E-state index < -0.39 is 17.3 Å². The van der Waals surface area contributed by atoms with E-state index in [9.17, 15) is 14.7 Å². The fourth-order valence-electron chi connectivity index (χ4n) is 3.60. The zero-order valence-corrected chi connectivity index (χ0v) is 13.6. The lowest BCUT2D eigenvalue weighted by molar-refractivity contribution is -0.143. The van der Waals surface area contributed by atoms with Crippen LogP contribution in [0.15, 0.2) is 47.3 Å². The topological polar surface area (TPSA) is 78.4 Å². The van der Waals surface area contributed by atoms with Crippen LogP contribution in [0.25, 0.3) is 0 Å². The molecule has 0 aromatic rings. The molecule has 3 aliphatic rings. The van der Waals surface area contributed by atoms with Gasteiger partial charge in [-0.1, -0.05) is 26.0 Å². The molecule has 1 aliphatic carbocycles. The van der Waals surface area contributed by atoms with Crippen molar-refractivity contribution in [1.29, 1.82) is 0 Å². The molecule has 122 valence electrons. The Kier molecular flexibility index (Phi) is 3.66. The summed E-state index contributed by atoms with van der Waals surface area (Å²) in [6.45, 7) is 6.23. The van der Waals surface area contributed by atoms with Gasteiger partial charge in [-0.3, -0.25) is 9.59 Å². The van der Waals surface area contributed by atoms with Crippen molar-refractivity contribution in [3.05, 3.63) is 47.3 Å². The number of carboxylic acids is 1. The van der Waals surface area contributed by atoms with Gasteiger partial charge in [0.2, 0.25) is 0 Å². The molecule has 0 fully saturated rings. The van der Waals surface area contributed by atoms with Gasteiger partial charge in [0.1, 0.15) is 0 Å². The van der Waals surface area contributed by atoms with Gasteiger partial charge in [0.25, 0.3) is 0 Å². The predicted octanol–water partition coefficient (Wildman–Crippen LogP) is 1.76. The van der Waals surface area contributed by atoms with Gasteiger partial charge < -0.3 is 15.7 Å². The number of rotatable bonds is 3. The number of nitrogens with one attached hydrogen (secondary N) is 2. The highest BCUT2D eigenvalue weighted by Crippen LogP contribution is 2.41. The van der Waals surface area contributed by atoms with Gasteiger partial charge in [-0.25, -0.2) is 0 Å². The lowest BCUT2D eigenvalue weighted by Gasteiger charge is -2.30. The number of hydrogen-bond acceptors (Lipinski definition) is 4. The Hall–Kier alpha value is -2.30. The van der Waals surface area contributed by atoms with Crippen LogP contribution in [-0.2, 0) is 9.59 Å². The number of carboxylic acid groups (broad SMARTS) is 1. The molecule has 23 heavy (non-hydrogen) atoms. The molecular formula is C18H22N2O3. The maximum absolute atomic E-state index is 12.1. The Labute approximate surface area is 135 Å². The minimum Gasteiger partial charge on any atom is -0.481 e. The minimum atomic E-state index is -0.823. The molecule has 5 heteroatoms. The fraction of sp³-hybridized carbons (Fsp3) is 0.444. The van der Waals surface area contributed by atoms with Gasteiger partial charge >= 0.3 is 5.97 Å². The summed E-state index contributed by atoms with van der Waals surface area (Å²) in [4.78, 5) is 23.6. The molecule has 2 aliphatic heterocycles. The van der Waals surface area contributed by atoms with Crippen LogP contribution in [-0.4, -0.2) is 29.4 Å². The zero-order valence-electron chi connectivity index (χ0n) is 13.6. The van der Waals surface area contributed by atoms with E-state index >= 15 is 0 Å². The minimum absolute atomic E-state index is 0.0601. The maximum Gasteiger partial charge on any atom is 0.307 e. The SMILES string of the molecule is CC1NC2=C(C1=CC1(C(C)C(=O)O)C=CNC1)C(C)C(=O)C=C2. The number of hydrogen-bond donors (Lipinski definition) is 3. The Morgan fingerprint density at radius 1 is 1.43 bits per heavy atom. The van der Waals surface area contributed by atoms with Gasteiger partial charge in [0.15, 0.2) is 5.78 Å². The molecule has 3 N–H and O–H groups in total. The Balaban J connectivity index is 2.08. The summed E-state index contributed by atoms with van der Waals surface area (Å²) in [5.41, 5.74) is 2.43. The normalized spacial score (nSPS) is 35.3. The molecule has 0 amide bonds. The third-order valence-electron chi connectivity index (χ3n) is 5.23. The van der Waals surface area contributed by atoms with Gasteiger partial charge in [-0.15, -0.1) is 0 Å². The smallest absolute Gasteiger partial charge is 0.307 e. The first-order valence-corrected chi connectivity index (χ1v) is 7.95. The van der Waals surface area contributed by atoms with Crippen molar-refractivity contribution in [2.75, 3.05) is 6.54 Å². The summed E-state index contributed by atoms with van der Waals surface area (Å²) in [7, 11) is 0. The molecule has 0 saturated heterocycles. The molecule has 0 aromatic heterocycles. The molecule has 4 unspecified atom stereocenters. The second-order valence-electron chi connectivity index (χ2n) is 6.64. The largest absolute Gasteiger partial charge is 0.481 e. The quantitative estimate of drug-likeness (QED) is 0.740. The molecule has 0 aromatic carbocycles. The van der Waals surface area contributed by atoms with Crippen molar-refractivity contribution >= 4 is 11.8 Å². The van der Waals surface area contributed by atoms with E-state index in [4.69, 9.17) is 0 Å². The molecular weight excluding hydrogens is 292 g/mol. The van der Waals surface area contributed by atoms with Crippen LogP contribution < -0.4 is 10.6 Å². The summed E-state index contributed by atoms with van der Waals surface area (Å²) in [5.74, 6) is -1.49. The first kappa shape index (κ1) is 15.6. The van der Waals surface area contributed by atoms with Crippen molar-refractivity contribution < 1.29 is 14.7 Å². The average molecular weight is 314 g/mol. The molecule has 5 nitrogen and oxygen atoms in total. The molecule has 0 bridgehead atoms. The fourth-order valence-corrected chi connectivity index (χ4v) is 3.60. The molecule has 4 atom stereocenters. The standard InChI is InChI=1S/C18H22N2O3/c1-10-15(21)5-4-14-16(10)13(12(3)20-14)8-18(6-7-19-9-18)11(2)17(22)23/h4-8,10-12,19-20H,9H2,1-3H3,(H,22,23). The van der Waals surface area contributed by atoms with Crippen LogP contribution in [0.1, 0.15) is 20.8 Å². The van der Waals surface area contributed by atoms with Crippen molar-refractivity contribution in [2.45, 2.75) is 26.8 Å². The lowest BCUT2D eigenvalue weighted by atomic mass is 9.73. The van der Waals surface area contributed by atoms with Crippen LogP contribution >= 0.6 is 0 Å². The second-order valence-corrected chi connectivity index (χ2v) is 6.64. The van der Waals surface area contributed by atoms with Crippen molar-refractivity contribution in [2.24, 2.45) is 17.3 Å². The monoisotopic (exact) mass is 314 g/mol. The number of ketones is 1. The van der Waals surface area contributed by atoms with Crippen LogP contribution in [0.5, 0.6) is 0 Å². The first-order valence-electron chi connectivity index (χ1n) is 7.95. The van der Waals surface area contributed by atoms with Gasteiger partial charge in [0, 0.05) is 29.6 Å². The van der Waals surface area contributed by atoms with E-state index in [1.807, 2.05) is 38.3 Å². The van der Waals surface area contributed by atoms with Crippen molar-refractivity contribution in [3.8, 4) is 0 Å². The summed E-state index contributed by atoms with van der Waals surface area (Å²) >= 11 is 0. The Morgan fingerprint density at radius 2 is 2.17 bits per heavy atom. The van der Waals surface area contributed by atoms with Gasteiger partial charge in [0.05, 0.1) is 5.92 Å². The van der Waals surface area contributed by atoms with Crippen LogP contribution in [0.3, 0.4) is 0 Å². The van der Waals surface area contributed by atoms with E-state index in [-0.39, 0.29) is 17.7 Å². The van der Waals surface area contributed by atoms with E-state index in [1.165, 1.54) is 0 Å². The molecule has 3 rings (SSSR count). The van der Waals surface area contributed by atoms with Crippen LogP contribution in [0.4, 0.5) is 0 Å². The summed E-state index contributed by atoms with van der Waals surface area (Å²) in [6, 6.07) is 0.0601. The predicted molar refractivity (Wildman–Crippen MR) is 87.4 cm³/mol. The maximum atomic E-state index is 12.1. The number of allylic oxidation sites excluding steroid dienone is 2. The summed E-state index contributed by atoms with van der Waals surface area (Å²) in [6.07, 6.45) is 9.22. The molecule has 0 saturated carbocycles. The van der Waals surface area contributed by atoms with Gasteiger partial charge in [-0.05, 0) is 36.4 Å². The van der Waals surface area contributed by atoms with Gasteiger partial charge in [-0.2, -0.15) is 0 Å². The van der Waals surface area contributed by atoms with E-state index in [2.05, 4.69) is 10.6 Å². The van der Waals surface area contributed by atoms with E-state index in [0.717, 1.165) is 16.8 Å². The highest BCUT2D eigenvalue weighted by Gasteiger charge is 2.41. The third-order valence-corrected chi connectivity index (χ3v) is 5.23. The average Bonchev–Trinajstić information content (AvgIpc) is 3.09. The third kappa shape index (κ3) is 2.40. The highest BCUT2D eigenvalue weighted by molar-refractivity contribution is 5.97. The first-order chi connectivity index (χ1) is 10.9. The lowest BCUT2D eigenvalue weighted by Crippen LogP contribution is -2.36. The number of carbonyl (C=O) groups is 2. The molecule has 0 spiro atoms. The van der Waals surface area contributed by atoms with Crippen molar-refractivity contribution in [3.63, 3.8) is 0 Å². The Bertz CT molecular complexity index is 686. The number of carbonyl (C=O) groups excluding carboxylic acids is 1.